The highest BCUT2D eigenvalue weighted by molar-refractivity contribution is 7.92. The Morgan fingerprint density at radius 3 is 2.24 bits per heavy atom. The summed E-state index contributed by atoms with van der Waals surface area (Å²) in [4.78, 5) is 11.7. The predicted molar refractivity (Wildman–Crippen MR) is 70.6 cm³/mol. The topological polar surface area (TPSA) is 77.2 Å². The molecular formula is C12H25NO3S. The molecule has 4 nitrogen and oxygen atoms in total. The zero-order chi connectivity index (χ0) is 13.7. The van der Waals surface area contributed by atoms with Crippen molar-refractivity contribution in [1.29, 1.82) is 0 Å². The van der Waals surface area contributed by atoms with Crippen LogP contribution >= 0.6 is 0 Å². The molecule has 0 saturated carbocycles. The van der Waals surface area contributed by atoms with Crippen LogP contribution in [0, 0.1) is 5.92 Å². The van der Waals surface area contributed by atoms with Gasteiger partial charge in [-0.3, -0.25) is 4.79 Å². The minimum Gasteiger partial charge on any atom is -0.330 e. The second-order valence-corrected chi connectivity index (χ2v) is 8.34. The summed E-state index contributed by atoms with van der Waals surface area (Å²) in [6.45, 7) is 7.37. The summed E-state index contributed by atoms with van der Waals surface area (Å²) >= 11 is 0. The van der Waals surface area contributed by atoms with Gasteiger partial charge in [0.25, 0.3) is 0 Å². The van der Waals surface area contributed by atoms with Crippen molar-refractivity contribution in [2.24, 2.45) is 11.7 Å². The molecule has 17 heavy (non-hydrogen) atoms. The molecule has 0 bridgehead atoms. The lowest BCUT2D eigenvalue weighted by molar-refractivity contribution is -0.122. The number of rotatable bonds is 7. The van der Waals surface area contributed by atoms with Crippen molar-refractivity contribution in [3.05, 3.63) is 0 Å². The SMILES string of the molecule is CC(CCCN)C(=O)CCS(=O)(=O)C(C)(C)C. The number of hydrogen-bond donors (Lipinski definition) is 1. The Morgan fingerprint density at radius 2 is 1.82 bits per heavy atom. The van der Waals surface area contributed by atoms with Crippen LogP contribution in [0.1, 0.15) is 47.0 Å². The molecule has 5 heteroatoms. The van der Waals surface area contributed by atoms with Gasteiger partial charge in [-0.05, 0) is 40.2 Å². The molecule has 0 spiro atoms. The number of nitrogens with two attached hydrogens (primary N) is 1. The van der Waals surface area contributed by atoms with Crippen molar-refractivity contribution in [2.45, 2.75) is 51.7 Å². The van der Waals surface area contributed by atoms with Crippen LogP contribution in [0.5, 0.6) is 0 Å². The van der Waals surface area contributed by atoms with Gasteiger partial charge in [0.1, 0.15) is 5.78 Å². The molecule has 0 aliphatic carbocycles. The standard InChI is InChI=1S/C12H25NO3S/c1-10(6-5-8-13)11(14)7-9-17(15,16)12(2,3)4/h10H,5-9,13H2,1-4H3. The first-order valence-electron chi connectivity index (χ1n) is 6.07. The lowest BCUT2D eigenvalue weighted by Crippen LogP contribution is -2.31. The van der Waals surface area contributed by atoms with Gasteiger partial charge in [0.05, 0.1) is 10.5 Å². The van der Waals surface area contributed by atoms with Gasteiger partial charge in [0.15, 0.2) is 9.84 Å². The quantitative estimate of drug-likeness (QED) is 0.755. The Hall–Kier alpha value is -0.420. The maximum absolute atomic E-state index is 11.8. The molecular weight excluding hydrogens is 238 g/mol. The Labute approximate surface area is 105 Å². The number of carbonyl (C=O) groups excluding carboxylic acids is 1. The van der Waals surface area contributed by atoms with Crippen molar-refractivity contribution in [3.8, 4) is 0 Å². The summed E-state index contributed by atoms with van der Waals surface area (Å²) in [7, 11) is -3.19. The van der Waals surface area contributed by atoms with E-state index in [2.05, 4.69) is 0 Å². The van der Waals surface area contributed by atoms with Gasteiger partial charge in [-0.15, -0.1) is 0 Å². The van der Waals surface area contributed by atoms with Crippen molar-refractivity contribution in [2.75, 3.05) is 12.3 Å². The van der Waals surface area contributed by atoms with Gasteiger partial charge in [-0.2, -0.15) is 0 Å². The van der Waals surface area contributed by atoms with E-state index in [4.69, 9.17) is 5.73 Å². The fourth-order valence-electron chi connectivity index (χ4n) is 1.37. The van der Waals surface area contributed by atoms with Crippen molar-refractivity contribution >= 4 is 15.6 Å². The molecule has 0 amide bonds. The Kier molecular flexibility index (Phi) is 6.34. The van der Waals surface area contributed by atoms with E-state index in [9.17, 15) is 13.2 Å². The summed E-state index contributed by atoms with van der Waals surface area (Å²) in [6.07, 6.45) is 1.66. The maximum atomic E-state index is 11.8. The van der Waals surface area contributed by atoms with E-state index >= 15 is 0 Å². The van der Waals surface area contributed by atoms with Crippen LogP contribution in [0.4, 0.5) is 0 Å². The van der Waals surface area contributed by atoms with Gasteiger partial charge < -0.3 is 5.73 Å². The largest absolute Gasteiger partial charge is 0.330 e. The van der Waals surface area contributed by atoms with E-state index < -0.39 is 14.6 Å². The first-order chi connectivity index (χ1) is 7.62. The molecule has 2 N–H and O–H groups in total. The molecule has 1 unspecified atom stereocenters. The molecule has 0 rings (SSSR count). The maximum Gasteiger partial charge on any atom is 0.155 e. The van der Waals surface area contributed by atoms with Gasteiger partial charge in [0.2, 0.25) is 0 Å². The van der Waals surface area contributed by atoms with Crippen LogP contribution in [0.25, 0.3) is 0 Å². The summed E-state index contributed by atoms with van der Waals surface area (Å²) < 4.78 is 22.9. The van der Waals surface area contributed by atoms with E-state index in [-0.39, 0.29) is 23.9 Å². The average molecular weight is 263 g/mol. The third kappa shape index (κ3) is 5.64. The normalized spacial score (nSPS) is 14.6. The van der Waals surface area contributed by atoms with E-state index in [1.165, 1.54) is 0 Å². The highest BCUT2D eigenvalue weighted by Crippen LogP contribution is 2.18. The molecule has 0 aliphatic rings. The Balaban J connectivity index is 4.26. The number of ketones is 1. The number of hydrogen-bond acceptors (Lipinski definition) is 4. The molecule has 0 heterocycles. The van der Waals surface area contributed by atoms with Gasteiger partial charge in [-0.25, -0.2) is 8.42 Å². The highest BCUT2D eigenvalue weighted by Gasteiger charge is 2.29. The molecule has 0 radical (unpaired) electrons. The first kappa shape index (κ1) is 16.6. The van der Waals surface area contributed by atoms with Crippen LogP contribution in [0.2, 0.25) is 0 Å². The van der Waals surface area contributed by atoms with Crippen LogP contribution in [0.3, 0.4) is 0 Å². The summed E-state index contributed by atoms with van der Waals surface area (Å²) in [5, 5.41) is 0. The number of carbonyl (C=O) groups is 1. The molecule has 1 atom stereocenters. The molecule has 0 aromatic carbocycles. The molecule has 0 aromatic heterocycles. The van der Waals surface area contributed by atoms with Crippen LogP contribution in [-0.4, -0.2) is 31.2 Å². The highest BCUT2D eigenvalue weighted by atomic mass is 32.2. The minimum atomic E-state index is -3.19. The lowest BCUT2D eigenvalue weighted by atomic mass is 9.99. The van der Waals surface area contributed by atoms with Crippen LogP contribution < -0.4 is 5.73 Å². The third-order valence-electron chi connectivity index (χ3n) is 2.94. The Morgan fingerprint density at radius 1 is 1.29 bits per heavy atom. The fourth-order valence-corrected chi connectivity index (χ4v) is 2.45. The van der Waals surface area contributed by atoms with E-state index in [1.54, 1.807) is 20.8 Å². The van der Waals surface area contributed by atoms with E-state index in [0.717, 1.165) is 12.8 Å². The van der Waals surface area contributed by atoms with Crippen molar-refractivity contribution in [1.82, 2.24) is 0 Å². The monoisotopic (exact) mass is 263 g/mol. The summed E-state index contributed by atoms with van der Waals surface area (Å²) in [5.41, 5.74) is 5.37. The smallest absolute Gasteiger partial charge is 0.155 e. The molecule has 102 valence electrons. The molecule has 0 aromatic rings. The number of Topliss-reactive ketones (excluding diaryl/α,β-unsaturated/α-hetero) is 1. The fraction of sp³-hybridized carbons (Fsp3) is 0.917. The Bertz CT molecular complexity index is 341. The zero-order valence-corrected chi connectivity index (χ0v) is 12.1. The van der Waals surface area contributed by atoms with Gasteiger partial charge >= 0.3 is 0 Å². The van der Waals surface area contributed by atoms with E-state index in [1.807, 2.05) is 6.92 Å². The summed E-state index contributed by atoms with van der Waals surface area (Å²) in [6, 6.07) is 0. The lowest BCUT2D eigenvalue weighted by Gasteiger charge is -2.19. The van der Waals surface area contributed by atoms with Crippen molar-refractivity contribution < 1.29 is 13.2 Å². The summed E-state index contributed by atoms with van der Waals surface area (Å²) in [5.74, 6) is -0.123. The first-order valence-corrected chi connectivity index (χ1v) is 7.72. The molecule has 0 aliphatic heterocycles. The second-order valence-electron chi connectivity index (χ2n) is 5.48. The van der Waals surface area contributed by atoms with E-state index in [0.29, 0.717) is 6.54 Å². The molecule has 0 saturated heterocycles. The second kappa shape index (κ2) is 6.50. The average Bonchev–Trinajstić information content (AvgIpc) is 2.20. The van der Waals surface area contributed by atoms with Gasteiger partial charge in [-0.1, -0.05) is 6.92 Å². The van der Waals surface area contributed by atoms with Crippen molar-refractivity contribution in [3.63, 3.8) is 0 Å². The minimum absolute atomic E-state index is 0.0197. The van der Waals surface area contributed by atoms with Gasteiger partial charge in [0, 0.05) is 12.3 Å². The molecule has 0 fully saturated rings. The van der Waals surface area contributed by atoms with Crippen LogP contribution in [-0.2, 0) is 14.6 Å². The van der Waals surface area contributed by atoms with Crippen LogP contribution in [0.15, 0.2) is 0 Å². The third-order valence-corrected chi connectivity index (χ3v) is 5.55. The zero-order valence-electron chi connectivity index (χ0n) is 11.3. The number of sulfone groups is 1. The predicted octanol–water partition coefficient (Wildman–Crippen LogP) is 1.53.